The minimum absolute atomic E-state index is 0.193. The standard InChI is InChI=1S/C14H15ClN4O/c1-9-7-17-4-3-10(9)8-18-14(20)11-5-12(15)19-13(6-11)16-2/h3-7H,8H2,1-2H3,(H,16,19)(H,18,20). The highest BCUT2D eigenvalue weighted by Gasteiger charge is 2.09. The molecule has 0 radical (unpaired) electrons. The molecule has 0 aliphatic heterocycles. The molecule has 104 valence electrons. The third kappa shape index (κ3) is 3.45. The van der Waals surface area contributed by atoms with Crippen molar-refractivity contribution in [2.75, 3.05) is 12.4 Å². The first-order valence-corrected chi connectivity index (χ1v) is 6.51. The number of pyridine rings is 2. The number of carbonyl (C=O) groups is 1. The van der Waals surface area contributed by atoms with Crippen LogP contribution < -0.4 is 10.6 Å². The van der Waals surface area contributed by atoms with Crippen molar-refractivity contribution in [1.82, 2.24) is 15.3 Å². The molecule has 0 aromatic carbocycles. The number of hydrogen-bond donors (Lipinski definition) is 2. The van der Waals surface area contributed by atoms with E-state index in [0.29, 0.717) is 17.9 Å². The van der Waals surface area contributed by atoms with Crippen molar-refractivity contribution < 1.29 is 4.79 Å². The SMILES string of the molecule is CNc1cc(C(=O)NCc2ccncc2C)cc(Cl)n1. The van der Waals surface area contributed by atoms with Gasteiger partial charge in [0.1, 0.15) is 11.0 Å². The van der Waals surface area contributed by atoms with Gasteiger partial charge >= 0.3 is 0 Å². The molecule has 0 saturated heterocycles. The molecule has 2 aromatic heterocycles. The van der Waals surface area contributed by atoms with Crippen LogP contribution in [-0.2, 0) is 6.54 Å². The number of anilines is 1. The summed E-state index contributed by atoms with van der Waals surface area (Å²) in [6.45, 7) is 2.40. The Morgan fingerprint density at radius 3 is 2.90 bits per heavy atom. The topological polar surface area (TPSA) is 66.9 Å². The van der Waals surface area contributed by atoms with Gasteiger partial charge in [0.25, 0.3) is 5.91 Å². The lowest BCUT2D eigenvalue weighted by Crippen LogP contribution is -2.23. The molecule has 0 atom stereocenters. The Bertz CT molecular complexity index is 630. The summed E-state index contributed by atoms with van der Waals surface area (Å²) in [5.74, 6) is 0.366. The van der Waals surface area contributed by atoms with Gasteiger partial charge in [0.2, 0.25) is 0 Å². The van der Waals surface area contributed by atoms with Gasteiger partial charge < -0.3 is 10.6 Å². The van der Waals surface area contributed by atoms with Gasteiger partial charge in [-0.25, -0.2) is 4.98 Å². The number of halogens is 1. The van der Waals surface area contributed by atoms with E-state index in [1.807, 2.05) is 13.0 Å². The van der Waals surface area contributed by atoms with E-state index in [1.54, 1.807) is 25.5 Å². The fraction of sp³-hybridized carbons (Fsp3) is 0.214. The molecule has 1 amide bonds. The van der Waals surface area contributed by atoms with Crippen molar-refractivity contribution in [1.29, 1.82) is 0 Å². The molecular formula is C14H15ClN4O. The lowest BCUT2D eigenvalue weighted by Gasteiger charge is -2.09. The fourth-order valence-electron chi connectivity index (χ4n) is 1.73. The third-order valence-corrected chi connectivity index (χ3v) is 3.08. The normalized spacial score (nSPS) is 10.2. The average Bonchev–Trinajstić information content (AvgIpc) is 2.45. The van der Waals surface area contributed by atoms with Crippen LogP contribution in [0.3, 0.4) is 0 Å². The van der Waals surface area contributed by atoms with E-state index >= 15 is 0 Å². The number of aromatic nitrogens is 2. The zero-order chi connectivity index (χ0) is 14.5. The smallest absolute Gasteiger partial charge is 0.251 e. The van der Waals surface area contributed by atoms with Crippen LogP contribution in [0.1, 0.15) is 21.5 Å². The van der Waals surface area contributed by atoms with Crippen molar-refractivity contribution in [3.8, 4) is 0 Å². The number of rotatable bonds is 4. The van der Waals surface area contributed by atoms with Crippen LogP contribution in [0, 0.1) is 6.92 Å². The molecule has 0 spiro atoms. The van der Waals surface area contributed by atoms with Gasteiger partial charge in [0.05, 0.1) is 0 Å². The second-order valence-electron chi connectivity index (χ2n) is 4.30. The van der Waals surface area contributed by atoms with Crippen molar-refractivity contribution in [2.24, 2.45) is 0 Å². The van der Waals surface area contributed by atoms with Gasteiger partial charge in [-0.2, -0.15) is 0 Å². The van der Waals surface area contributed by atoms with Gasteiger partial charge in [-0.15, -0.1) is 0 Å². The van der Waals surface area contributed by atoms with Gasteiger partial charge in [-0.3, -0.25) is 9.78 Å². The van der Waals surface area contributed by atoms with Crippen molar-refractivity contribution in [3.05, 3.63) is 52.4 Å². The maximum absolute atomic E-state index is 12.1. The molecule has 2 aromatic rings. The number of carbonyl (C=O) groups excluding carboxylic acids is 1. The zero-order valence-corrected chi connectivity index (χ0v) is 12.0. The predicted molar refractivity (Wildman–Crippen MR) is 78.9 cm³/mol. The maximum atomic E-state index is 12.1. The number of nitrogens with zero attached hydrogens (tertiary/aromatic N) is 2. The van der Waals surface area contributed by atoms with E-state index in [-0.39, 0.29) is 11.1 Å². The first kappa shape index (κ1) is 14.3. The first-order valence-electron chi connectivity index (χ1n) is 6.13. The van der Waals surface area contributed by atoms with Crippen LogP contribution in [0.4, 0.5) is 5.82 Å². The van der Waals surface area contributed by atoms with E-state index in [1.165, 1.54) is 6.07 Å². The second kappa shape index (κ2) is 6.34. The molecule has 0 aliphatic carbocycles. The van der Waals surface area contributed by atoms with E-state index in [0.717, 1.165) is 11.1 Å². The Morgan fingerprint density at radius 1 is 1.40 bits per heavy atom. The summed E-state index contributed by atoms with van der Waals surface area (Å²) in [6.07, 6.45) is 3.47. The molecule has 20 heavy (non-hydrogen) atoms. The Hall–Kier alpha value is -2.14. The average molecular weight is 291 g/mol. The summed E-state index contributed by atoms with van der Waals surface area (Å²) in [7, 11) is 1.72. The molecule has 2 heterocycles. The summed E-state index contributed by atoms with van der Waals surface area (Å²) >= 11 is 5.88. The van der Waals surface area contributed by atoms with Gasteiger partial charge in [0, 0.05) is 31.5 Å². The fourth-order valence-corrected chi connectivity index (χ4v) is 1.94. The number of nitrogens with one attached hydrogen (secondary N) is 2. The number of aryl methyl sites for hydroxylation is 1. The molecule has 0 aliphatic rings. The van der Waals surface area contributed by atoms with Gasteiger partial charge in [0.15, 0.2) is 0 Å². The van der Waals surface area contributed by atoms with Crippen LogP contribution in [0.5, 0.6) is 0 Å². The highest BCUT2D eigenvalue weighted by molar-refractivity contribution is 6.29. The van der Waals surface area contributed by atoms with Gasteiger partial charge in [-0.05, 0) is 36.2 Å². The molecule has 5 nitrogen and oxygen atoms in total. The molecule has 2 N–H and O–H groups in total. The summed E-state index contributed by atoms with van der Waals surface area (Å²) in [5.41, 5.74) is 2.54. The molecule has 2 rings (SSSR count). The van der Waals surface area contributed by atoms with E-state index in [9.17, 15) is 4.79 Å². The lowest BCUT2D eigenvalue weighted by atomic mass is 10.1. The highest BCUT2D eigenvalue weighted by atomic mass is 35.5. The molecule has 0 unspecified atom stereocenters. The van der Waals surface area contributed by atoms with E-state index in [2.05, 4.69) is 20.6 Å². The van der Waals surface area contributed by atoms with Crippen LogP contribution in [0.15, 0.2) is 30.6 Å². The Labute approximate surface area is 122 Å². The van der Waals surface area contributed by atoms with E-state index < -0.39 is 0 Å². The van der Waals surface area contributed by atoms with Crippen molar-refractivity contribution in [3.63, 3.8) is 0 Å². The quantitative estimate of drug-likeness (QED) is 0.849. The highest BCUT2D eigenvalue weighted by Crippen LogP contribution is 2.14. The van der Waals surface area contributed by atoms with Gasteiger partial charge in [-0.1, -0.05) is 11.6 Å². The largest absolute Gasteiger partial charge is 0.373 e. The Balaban J connectivity index is 2.09. The molecular weight excluding hydrogens is 276 g/mol. The van der Waals surface area contributed by atoms with Crippen molar-refractivity contribution >= 4 is 23.3 Å². The van der Waals surface area contributed by atoms with Crippen LogP contribution in [0.2, 0.25) is 5.15 Å². The lowest BCUT2D eigenvalue weighted by molar-refractivity contribution is 0.0951. The minimum atomic E-state index is -0.193. The second-order valence-corrected chi connectivity index (χ2v) is 4.69. The van der Waals surface area contributed by atoms with E-state index in [4.69, 9.17) is 11.6 Å². The summed E-state index contributed by atoms with van der Waals surface area (Å²) in [4.78, 5) is 20.2. The Kier molecular flexibility index (Phi) is 4.53. The summed E-state index contributed by atoms with van der Waals surface area (Å²) in [6, 6.07) is 5.08. The molecule has 6 heteroatoms. The third-order valence-electron chi connectivity index (χ3n) is 2.89. The van der Waals surface area contributed by atoms with Crippen LogP contribution in [-0.4, -0.2) is 22.9 Å². The zero-order valence-electron chi connectivity index (χ0n) is 11.3. The van der Waals surface area contributed by atoms with Crippen LogP contribution >= 0.6 is 11.6 Å². The van der Waals surface area contributed by atoms with Crippen LogP contribution in [0.25, 0.3) is 0 Å². The predicted octanol–water partition coefficient (Wildman–Crippen LogP) is 2.41. The van der Waals surface area contributed by atoms with Crippen molar-refractivity contribution in [2.45, 2.75) is 13.5 Å². The number of hydrogen-bond acceptors (Lipinski definition) is 4. The molecule has 0 fully saturated rings. The summed E-state index contributed by atoms with van der Waals surface area (Å²) in [5, 5.41) is 6.00. The molecule has 0 saturated carbocycles. The summed E-state index contributed by atoms with van der Waals surface area (Å²) < 4.78 is 0. The maximum Gasteiger partial charge on any atom is 0.251 e. The monoisotopic (exact) mass is 290 g/mol. The number of amides is 1. The molecule has 0 bridgehead atoms. The minimum Gasteiger partial charge on any atom is -0.373 e. The first-order chi connectivity index (χ1) is 9.60. The Morgan fingerprint density at radius 2 is 2.20 bits per heavy atom.